The van der Waals surface area contributed by atoms with Gasteiger partial charge in [-0.25, -0.2) is 29.9 Å². The number of nitrogens with zero attached hydrogens (tertiary/aromatic N) is 12. The Balaban J connectivity index is 0.000000120. The summed E-state index contributed by atoms with van der Waals surface area (Å²) in [6, 6.07) is 149. The van der Waals surface area contributed by atoms with Crippen molar-refractivity contribution in [2.75, 3.05) is 9.80 Å². The predicted octanol–water partition coefficient (Wildman–Crippen LogP) is 31.5. The van der Waals surface area contributed by atoms with E-state index in [2.05, 4.69) is 356 Å². The van der Waals surface area contributed by atoms with Gasteiger partial charge in [0.25, 0.3) is 0 Å². The van der Waals surface area contributed by atoms with Crippen LogP contribution in [0.4, 0.5) is 34.1 Å². The van der Waals surface area contributed by atoms with Gasteiger partial charge in [-0.2, -0.15) is 0 Å². The van der Waals surface area contributed by atoms with E-state index in [0.29, 0.717) is 16.7 Å². The van der Waals surface area contributed by atoms with E-state index in [9.17, 15) is 0 Å². The molecule has 16 aromatic carbocycles. The van der Waals surface area contributed by atoms with Crippen LogP contribution < -0.4 is 19.3 Å². The highest BCUT2D eigenvalue weighted by atomic mass is 35.5. The lowest BCUT2D eigenvalue weighted by molar-refractivity contribution is 0.461. The van der Waals surface area contributed by atoms with Crippen LogP contribution in [-0.2, 0) is 10.8 Å². The molecule has 14 nitrogen and oxygen atoms in total. The van der Waals surface area contributed by atoms with Gasteiger partial charge in [-0.15, -0.1) is 0 Å². The number of ether oxygens (including phenoxy) is 2. The van der Waals surface area contributed by atoms with Crippen molar-refractivity contribution in [2.45, 2.75) is 37.3 Å². The highest BCUT2D eigenvalue weighted by Gasteiger charge is 2.55. The maximum absolute atomic E-state index is 7.19. The maximum Gasteiger partial charge on any atom is 0.179 e. The molecule has 24 aromatic rings. The van der Waals surface area contributed by atoms with Crippen molar-refractivity contribution in [1.82, 2.24) is 49.0 Å². The van der Waals surface area contributed by atoms with Crippen LogP contribution >= 0.6 is 35.1 Å². The first-order valence-electron chi connectivity index (χ1n) is 46.7. The van der Waals surface area contributed by atoms with Crippen LogP contribution in [0.3, 0.4) is 0 Å². The number of pyridine rings is 4. The highest BCUT2D eigenvalue weighted by Crippen LogP contribution is 2.69. The molecule has 0 bridgehead atoms. The summed E-state index contributed by atoms with van der Waals surface area (Å²) in [5.41, 5.74) is 30.4. The summed E-state index contributed by atoms with van der Waals surface area (Å²) in [5, 5.41) is 7.40. The molecule has 0 saturated carbocycles. The Hall–Kier alpha value is -17.4. The fourth-order valence-corrected chi connectivity index (χ4v) is 25.0. The molecule has 2 aliphatic carbocycles. The minimum absolute atomic E-state index is 0.449. The van der Waals surface area contributed by atoms with E-state index in [4.69, 9.17) is 51.0 Å². The third-order valence-electron chi connectivity index (χ3n) is 28.1. The van der Waals surface area contributed by atoms with Crippen molar-refractivity contribution in [2.24, 2.45) is 0 Å². The molecule has 8 aromatic heterocycles. The second kappa shape index (κ2) is 32.1. The average molecular weight is 1850 g/mol. The van der Waals surface area contributed by atoms with E-state index in [1.54, 1.807) is 23.5 Å². The standard InChI is InChI=1S/C61H36N6OS.C47H27ClN4OS.C15H12N2/c1-3-16-37(17-4-1)55-42-21-7-10-24-47(42)64-60(65-55)48-33-31-45-57(63-48)56-44(23-15-35-62-56)61(45)43-22-9-14-28-54(43)69-59-46(61)32-34-51-58(59)68-53-27-13-12-26-50(53)67(51)39-29-30-41-40-20-8-11-25-49(40)66(52(41)36-39)38-18-5-2-6-19-38;48-42-25-23-34-44(50-42)43-33(15-10-26-49-43)47(34)32-14-5-9-19-41(32)54-46-35(47)22-24-38-45(46)53-40-18-8-7-17-37(40)52(38)29-20-21-31-30-13-4-6-16-36(30)51(39(31)27-29)28-11-2-1-3-12-28;1-11-16-14-10-6-5-9-13(14)15(17-11)12-7-3-2-4-8-12/h1-36H;1-27H;2-10H,1H3. The lowest BCUT2D eigenvalue weighted by Gasteiger charge is -2.41. The molecule has 2 atom stereocenters. The summed E-state index contributed by atoms with van der Waals surface area (Å²) in [7, 11) is 0. The molecule has 0 amide bonds. The number of hydrogen-bond donors (Lipinski definition) is 0. The van der Waals surface area contributed by atoms with Gasteiger partial charge < -0.3 is 28.4 Å². The molecule has 0 radical (unpaired) electrons. The fraction of sp³-hybridized carbons (Fsp3) is 0.0244. The second-order valence-corrected chi connectivity index (χ2v) is 38.1. The molecule has 4 aliphatic heterocycles. The molecular weight excluding hydrogens is 1780 g/mol. The fourth-order valence-electron chi connectivity index (χ4n) is 22.3. The molecule has 658 valence electrons. The molecular formula is C123H75ClN12O2S2. The van der Waals surface area contributed by atoms with Crippen LogP contribution in [0, 0.1) is 6.92 Å². The summed E-state index contributed by atoms with van der Waals surface area (Å²) in [4.78, 5) is 48.9. The number of anilines is 6. The summed E-state index contributed by atoms with van der Waals surface area (Å²) in [5.74, 6) is 4.61. The predicted molar refractivity (Wildman–Crippen MR) is 564 cm³/mol. The zero-order chi connectivity index (χ0) is 92.4. The molecule has 12 heterocycles. The minimum Gasteiger partial charge on any atom is -0.452 e. The van der Waals surface area contributed by atoms with Gasteiger partial charge >= 0.3 is 0 Å². The Morgan fingerprint density at radius 1 is 0.271 bits per heavy atom. The van der Waals surface area contributed by atoms with Crippen molar-refractivity contribution in [3.8, 4) is 91.2 Å². The van der Waals surface area contributed by atoms with Crippen LogP contribution in [0.1, 0.15) is 50.3 Å². The Morgan fingerprint density at radius 2 is 0.671 bits per heavy atom. The van der Waals surface area contributed by atoms with Crippen LogP contribution in [0.2, 0.25) is 5.15 Å². The molecule has 6 aliphatic rings. The summed E-state index contributed by atoms with van der Waals surface area (Å²) in [6.45, 7) is 1.93. The van der Waals surface area contributed by atoms with Crippen molar-refractivity contribution in [1.29, 1.82) is 0 Å². The monoisotopic (exact) mass is 1850 g/mol. The molecule has 0 fully saturated rings. The third kappa shape index (κ3) is 12.3. The Labute approximate surface area is 817 Å². The SMILES string of the molecule is Cc1nc(-c2ccccc2)c2ccccc2n1.Clc1ccc2c(n1)-c1ncccc1C21c2ccccc2Sc2c1ccc1c2Oc2ccccc2N1c1ccc2c3ccccc3n(-c3ccccc3)c2c1.c1ccc(-c2nc(-c3ccc4c(n3)-c3ncccc3C43c4ccccc4Sc4c3ccc3c4Oc4ccccc4N3c3ccc4c5ccccc5n(-c5ccccc5)c4c3)nc3ccccc23)cc1. The van der Waals surface area contributed by atoms with E-state index < -0.39 is 10.8 Å². The Kier molecular flexibility index (Phi) is 18.6. The number of aryl methyl sites for hydroxylation is 1. The van der Waals surface area contributed by atoms with E-state index in [0.717, 1.165) is 201 Å². The zero-order valence-corrected chi connectivity index (χ0v) is 77.3. The van der Waals surface area contributed by atoms with Gasteiger partial charge in [-0.3, -0.25) is 9.97 Å². The van der Waals surface area contributed by atoms with Gasteiger partial charge in [0, 0.05) is 88.4 Å². The lowest BCUT2D eigenvalue weighted by Crippen LogP contribution is -2.32. The number of fused-ring (bicyclic) bond motifs is 32. The van der Waals surface area contributed by atoms with E-state index in [-0.39, 0.29) is 0 Å². The Morgan fingerprint density at radius 3 is 1.19 bits per heavy atom. The van der Waals surface area contributed by atoms with Crippen LogP contribution in [-0.4, -0.2) is 49.0 Å². The van der Waals surface area contributed by atoms with Gasteiger partial charge in [-0.05, 0) is 197 Å². The lowest BCUT2D eigenvalue weighted by atomic mass is 9.67. The van der Waals surface area contributed by atoms with Crippen molar-refractivity contribution >= 4 is 135 Å². The zero-order valence-electron chi connectivity index (χ0n) is 74.9. The van der Waals surface area contributed by atoms with Gasteiger partial charge in [0.1, 0.15) is 16.7 Å². The number of para-hydroxylation sites is 10. The third-order valence-corrected chi connectivity index (χ3v) is 30.6. The first-order valence-corrected chi connectivity index (χ1v) is 48.7. The molecule has 2 spiro atoms. The van der Waals surface area contributed by atoms with Crippen molar-refractivity contribution in [3.63, 3.8) is 0 Å². The normalized spacial score (nSPS) is 14.9. The van der Waals surface area contributed by atoms with Gasteiger partial charge in [-0.1, -0.05) is 314 Å². The quantitative estimate of drug-likeness (QED) is 0.140. The molecule has 30 rings (SSSR count). The van der Waals surface area contributed by atoms with Crippen LogP contribution in [0.15, 0.2) is 457 Å². The van der Waals surface area contributed by atoms with Crippen LogP contribution in [0.25, 0.3) is 134 Å². The van der Waals surface area contributed by atoms with E-state index in [1.807, 2.05) is 116 Å². The summed E-state index contributed by atoms with van der Waals surface area (Å²) >= 11 is 10.1. The van der Waals surface area contributed by atoms with Gasteiger partial charge in [0.05, 0.1) is 111 Å². The molecule has 140 heavy (non-hydrogen) atoms. The molecule has 0 N–H and O–H groups in total. The molecule has 17 heteroatoms. The van der Waals surface area contributed by atoms with E-state index >= 15 is 0 Å². The van der Waals surface area contributed by atoms with Gasteiger partial charge in [0.15, 0.2) is 28.8 Å². The van der Waals surface area contributed by atoms with Crippen LogP contribution in [0.5, 0.6) is 23.0 Å². The van der Waals surface area contributed by atoms with E-state index in [1.165, 1.54) is 48.6 Å². The number of rotatable bonds is 7. The summed E-state index contributed by atoms with van der Waals surface area (Å²) < 4.78 is 19.0. The molecule has 0 saturated heterocycles. The number of halogens is 1. The molecule has 2 unspecified atom stereocenters. The maximum atomic E-state index is 7.19. The first kappa shape index (κ1) is 81.0. The first-order chi connectivity index (χ1) is 69.3. The number of hydrogen-bond acceptors (Lipinski definition) is 14. The Bertz CT molecular complexity index is 9310. The average Bonchev–Trinajstić information content (AvgIpc) is 1.49. The second-order valence-electron chi connectivity index (χ2n) is 35.6. The summed E-state index contributed by atoms with van der Waals surface area (Å²) in [6.07, 6.45) is 3.71. The number of aromatic nitrogens is 10. The smallest absolute Gasteiger partial charge is 0.179 e. The van der Waals surface area contributed by atoms with Crippen molar-refractivity contribution in [3.05, 3.63) is 493 Å². The minimum atomic E-state index is -0.753. The largest absolute Gasteiger partial charge is 0.452 e. The number of benzene rings is 16. The van der Waals surface area contributed by atoms with Crippen molar-refractivity contribution < 1.29 is 9.47 Å². The topological polar surface area (TPSA) is 138 Å². The van der Waals surface area contributed by atoms with Gasteiger partial charge in [0.2, 0.25) is 0 Å². The highest BCUT2D eigenvalue weighted by molar-refractivity contribution is 8.00.